The molecule has 0 spiro atoms. The van der Waals surface area contributed by atoms with E-state index in [2.05, 4.69) is 46.0 Å². The van der Waals surface area contributed by atoms with E-state index in [1.54, 1.807) is 0 Å². The molecule has 1 aromatic rings. The Hall–Kier alpha value is -0.723. The number of hydrogen-bond donors (Lipinski definition) is 0. The van der Waals surface area contributed by atoms with Crippen molar-refractivity contribution < 1.29 is 18.9 Å². The third kappa shape index (κ3) is 4.37. The van der Waals surface area contributed by atoms with Crippen LogP contribution in [0, 0.1) is 0 Å². The van der Waals surface area contributed by atoms with Gasteiger partial charge in [0.15, 0.2) is 21.4 Å². The van der Waals surface area contributed by atoms with Gasteiger partial charge in [0.1, 0.15) is 0 Å². The monoisotopic (exact) mass is 310 g/mol. The zero-order chi connectivity index (χ0) is 15.5. The summed E-state index contributed by atoms with van der Waals surface area (Å²) in [7, 11) is -1.87. The fourth-order valence-electron chi connectivity index (χ4n) is 1.97. The quantitative estimate of drug-likeness (QED) is 0.596. The van der Waals surface area contributed by atoms with E-state index in [1.165, 1.54) is 0 Å². The second-order valence-corrected chi connectivity index (χ2v) is 11.7. The van der Waals surface area contributed by atoms with Gasteiger partial charge in [0.2, 0.25) is 0 Å². The summed E-state index contributed by atoms with van der Waals surface area (Å²) < 4.78 is 12.0. The second kappa shape index (κ2) is 6.58. The van der Waals surface area contributed by atoms with Gasteiger partial charge in [0.05, 0.1) is 6.10 Å². The van der Waals surface area contributed by atoms with Crippen molar-refractivity contribution in [1.29, 1.82) is 0 Å². The summed E-state index contributed by atoms with van der Waals surface area (Å²) in [5, 5.41) is 0.161. The Morgan fingerprint density at radius 1 is 1.24 bits per heavy atom. The summed E-state index contributed by atoms with van der Waals surface area (Å²) in [5.74, 6) is 0. The molecule has 0 saturated carbocycles. The summed E-state index contributed by atoms with van der Waals surface area (Å²) in [4.78, 5) is 9.94. The van der Waals surface area contributed by atoms with Crippen LogP contribution in [0.1, 0.15) is 38.9 Å². The first-order valence-corrected chi connectivity index (χ1v) is 10.3. The fourth-order valence-corrected chi connectivity index (χ4v) is 3.27. The smallest absolute Gasteiger partial charge is 0.196 e. The predicted molar refractivity (Wildman–Crippen MR) is 84.0 cm³/mol. The van der Waals surface area contributed by atoms with Crippen LogP contribution in [0.5, 0.6) is 0 Å². The molecular weight excluding hydrogens is 284 g/mol. The first-order valence-electron chi connectivity index (χ1n) is 7.42. The Kier molecular flexibility index (Phi) is 5.22. The average molecular weight is 310 g/mol. The number of rotatable bonds is 5. The molecule has 0 N–H and O–H groups in total. The van der Waals surface area contributed by atoms with Crippen molar-refractivity contribution in [2.75, 3.05) is 6.79 Å². The highest BCUT2D eigenvalue weighted by Crippen LogP contribution is 2.41. The Morgan fingerprint density at radius 3 is 2.43 bits per heavy atom. The zero-order valence-electron chi connectivity index (χ0n) is 13.6. The molecule has 1 saturated heterocycles. The Balaban J connectivity index is 2.15. The number of hydrogen-bond acceptors (Lipinski definition) is 4. The Labute approximate surface area is 128 Å². The van der Waals surface area contributed by atoms with Crippen LogP contribution in [0.15, 0.2) is 30.3 Å². The topological polar surface area (TPSA) is 36.9 Å². The van der Waals surface area contributed by atoms with Crippen molar-refractivity contribution in [3.8, 4) is 0 Å². The van der Waals surface area contributed by atoms with Gasteiger partial charge in [-0.25, -0.2) is 9.78 Å². The minimum atomic E-state index is -1.87. The molecule has 0 amide bonds. The largest absolute Gasteiger partial charge is 0.410 e. The van der Waals surface area contributed by atoms with Gasteiger partial charge in [-0.3, -0.25) is 0 Å². The number of ether oxygens (including phenoxy) is 1. The van der Waals surface area contributed by atoms with Crippen molar-refractivity contribution in [3.05, 3.63) is 35.9 Å². The van der Waals surface area contributed by atoms with Crippen molar-refractivity contribution in [2.24, 2.45) is 0 Å². The molecule has 0 aliphatic carbocycles. The van der Waals surface area contributed by atoms with Gasteiger partial charge in [-0.05, 0) is 23.7 Å². The molecule has 2 unspecified atom stereocenters. The van der Waals surface area contributed by atoms with Crippen LogP contribution in [0.2, 0.25) is 18.1 Å². The molecule has 0 radical (unpaired) electrons. The predicted octanol–water partition coefficient (Wildman–Crippen LogP) is 4.40. The van der Waals surface area contributed by atoms with E-state index >= 15 is 0 Å². The molecule has 0 bridgehead atoms. The van der Waals surface area contributed by atoms with E-state index in [1.807, 2.05) is 18.2 Å². The molecule has 0 aromatic heterocycles. The first kappa shape index (κ1) is 16.6. The first-order chi connectivity index (χ1) is 9.79. The van der Waals surface area contributed by atoms with Gasteiger partial charge in [0, 0.05) is 6.42 Å². The second-order valence-electron chi connectivity index (χ2n) is 6.94. The van der Waals surface area contributed by atoms with Crippen LogP contribution in [-0.2, 0) is 18.9 Å². The molecule has 4 nitrogen and oxygen atoms in total. The van der Waals surface area contributed by atoms with E-state index in [4.69, 9.17) is 18.9 Å². The van der Waals surface area contributed by atoms with Crippen LogP contribution >= 0.6 is 0 Å². The van der Waals surface area contributed by atoms with Crippen LogP contribution in [0.25, 0.3) is 0 Å². The lowest BCUT2D eigenvalue weighted by Crippen LogP contribution is -2.42. The standard InChI is InChI=1S/C16H26O4Si/c1-16(2,3)21(4,5)20-14(11-15-17-12-18-19-15)13-9-7-6-8-10-13/h6-10,14-15H,11-12H2,1-5H3. The van der Waals surface area contributed by atoms with E-state index in [0.29, 0.717) is 6.42 Å². The van der Waals surface area contributed by atoms with Crippen molar-refractivity contribution in [3.63, 3.8) is 0 Å². The highest BCUT2D eigenvalue weighted by atomic mass is 28.4. The molecule has 21 heavy (non-hydrogen) atoms. The van der Waals surface area contributed by atoms with Gasteiger partial charge < -0.3 is 9.16 Å². The van der Waals surface area contributed by atoms with Crippen molar-refractivity contribution in [1.82, 2.24) is 0 Å². The highest BCUT2D eigenvalue weighted by Gasteiger charge is 2.40. The van der Waals surface area contributed by atoms with Crippen molar-refractivity contribution >= 4 is 8.32 Å². The third-order valence-corrected chi connectivity index (χ3v) is 8.78. The summed E-state index contributed by atoms with van der Waals surface area (Å²) in [6.45, 7) is 11.4. The minimum absolute atomic E-state index is 0.0428. The summed E-state index contributed by atoms with van der Waals surface area (Å²) in [6, 6.07) is 10.3. The van der Waals surface area contributed by atoms with Crippen LogP contribution < -0.4 is 0 Å². The van der Waals surface area contributed by atoms with Crippen LogP contribution in [0.4, 0.5) is 0 Å². The molecule has 118 valence electrons. The maximum Gasteiger partial charge on any atom is 0.196 e. The lowest BCUT2D eigenvalue weighted by Gasteiger charge is -2.39. The normalized spacial score (nSPS) is 21.5. The van der Waals surface area contributed by atoms with Gasteiger partial charge in [-0.15, -0.1) is 0 Å². The van der Waals surface area contributed by atoms with Gasteiger partial charge in [0.25, 0.3) is 0 Å². The summed E-state index contributed by atoms with van der Waals surface area (Å²) in [5.41, 5.74) is 1.15. The SMILES string of the molecule is CC(C)(C)[Si](C)(C)OC(CC1OCOO1)c1ccccc1. The molecule has 5 heteroatoms. The molecule has 2 atom stereocenters. The Bertz CT molecular complexity index is 435. The lowest BCUT2D eigenvalue weighted by atomic mass is 10.1. The fraction of sp³-hybridized carbons (Fsp3) is 0.625. The van der Waals surface area contributed by atoms with Crippen molar-refractivity contribution in [2.45, 2.75) is 57.7 Å². The number of benzene rings is 1. The van der Waals surface area contributed by atoms with Gasteiger partial charge in [-0.1, -0.05) is 51.1 Å². The summed E-state index contributed by atoms with van der Waals surface area (Å²) in [6.07, 6.45) is 0.232. The zero-order valence-corrected chi connectivity index (χ0v) is 14.6. The Morgan fingerprint density at radius 2 is 1.90 bits per heavy atom. The molecule has 2 rings (SSSR count). The summed E-state index contributed by atoms with van der Waals surface area (Å²) >= 11 is 0. The maximum absolute atomic E-state index is 6.57. The van der Waals surface area contributed by atoms with E-state index in [-0.39, 0.29) is 24.2 Å². The molecular formula is C16H26O4Si. The average Bonchev–Trinajstić information content (AvgIpc) is 2.90. The van der Waals surface area contributed by atoms with E-state index in [0.717, 1.165) is 5.56 Å². The highest BCUT2D eigenvalue weighted by molar-refractivity contribution is 6.74. The molecule has 1 heterocycles. The van der Waals surface area contributed by atoms with Gasteiger partial charge in [-0.2, -0.15) is 0 Å². The molecule has 1 aromatic carbocycles. The molecule has 1 aliphatic rings. The van der Waals surface area contributed by atoms with E-state index < -0.39 is 8.32 Å². The van der Waals surface area contributed by atoms with Gasteiger partial charge >= 0.3 is 0 Å². The van der Waals surface area contributed by atoms with E-state index in [9.17, 15) is 0 Å². The van der Waals surface area contributed by atoms with Crippen LogP contribution in [0.3, 0.4) is 0 Å². The third-order valence-electron chi connectivity index (χ3n) is 4.30. The molecule has 1 aliphatic heterocycles. The van der Waals surface area contributed by atoms with Crippen LogP contribution in [-0.4, -0.2) is 21.4 Å². The maximum atomic E-state index is 6.57. The lowest BCUT2D eigenvalue weighted by molar-refractivity contribution is -0.280. The minimum Gasteiger partial charge on any atom is -0.410 e. The molecule has 1 fully saturated rings.